The first-order valence-electron chi connectivity index (χ1n) is 8.06. The van der Waals surface area contributed by atoms with Crippen molar-refractivity contribution in [2.45, 2.75) is 32.4 Å². The first kappa shape index (κ1) is 16.0. The molecule has 23 heavy (non-hydrogen) atoms. The number of aromatic amines is 1. The molecule has 1 saturated heterocycles. The monoisotopic (exact) mass is 316 g/mol. The standard InChI is InChI=1S/C17H24N4O2/c1-11-3-6-14-15(7-11)20-16(19-14)10-21-8-12(17(22)23-2)4-5-13(18)9-21/h3,6-7,12-13H,4-5,8-10,18H2,1-2H3,(H,19,20)/t12-,13+/m0/s1. The number of hydrogen-bond donors (Lipinski definition) is 2. The van der Waals surface area contributed by atoms with Gasteiger partial charge in [-0.15, -0.1) is 0 Å². The van der Waals surface area contributed by atoms with Gasteiger partial charge in [0.25, 0.3) is 0 Å². The van der Waals surface area contributed by atoms with Crippen molar-refractivity contribution in [1.29, 1.82) is 0 Å². The molecule has 124 valence electrons. The molecule has 2 heterocycles. The number of H-pyrrole nitrogens is 1. The second kappa shape index (κ2) is 6.68. The third kappa shape index (κ3) is 3.71. The second-order valence-corrected chi connectivity index (χ2v) is 6.46. The molecule has 0 aliphatic carbocycles. The van der Waals surface area contributed by atoms with Crippen molar-refractivity contribution >= 4 is 17.0 Å². The van der Waals surface area contributed by atoms with Crippen LogP contribution in [0.15, 0.2) is 18.2 Å². The maximum Gasteiger partial charge on any atom is 0.309 e. The van der Waals surface area contributed by atoms with Crippen LogP contribution in [0.4, 0.5) is 0 Å². The van der Waals surface area contributed by atoms with Crippen molar-refractivity contribution in [1.82, 2.24) is 14.9 Å². The van der Waals surface area contributed by atoms with Gasteiger partial charge in [0.15, 0.2) is 0 Å². The average molecular weight is 316 g/mol. The van der Waals surface area contributed by atoms with Gasteiger partial charge in [-0.3, -0.25) is 9.69 Å². The summed E-state index contributed by atoms with van der Waals surface area (Å²) in [5, 5.41) is 0. The lowest BCUT2D eigenvalue weighted by atomic mass is 10.0. The molecule has 1 aliphatic heterocycles. The number of carbonyl (C=O) groups excluding carboxylic acids is 1. The number of aryl methyl sites for hydroxylation is 1. The van der Waals surface area contributed by atoms with Gasteiger partial charge >= 0.3 is 5.97 Å². The van der Waals surface area contributed by atoms with Gasteiger partial charge in [-0.2, -0.15) is 0 Å². The molecule has 1 aromatic carbocycles. The van der Waals surface area contributed by atoms with E-state index in [0.29, 0.717) is 13.1 Å². The summed E-state index contributed by atoms with van der Waals surface area (Å²) in [5.41, 5.74) is 9.37. The second-order valence-electron chi connectivity index (χ2n) is 6.46. The molecular formula is C17H24N4O2. The predicted molar refractivity (Wildman–Crippen MR) is 88.8 cm³/mol. The van der Waals surface area contributed by atoms with Gasteiger partial charge in [-0.1, -0.05) is 6.07 Å². The van der Waals surface area contributed by atoms with E-state index in [2.05, 4.69) is 33.9 Å². The normalized spacial score (nSPS) is 22.9. The number of likely N-dealkylation sites (tertiary alicyclic amines) is 1. The Balaban J connectivity index is 1.76. The van der Waals surface area contributed by atoms with Crippen molar-refractivity contribution in [3.8, 4) is 0 Å². The zero-order valence-corrected chi connectivity index (χ0v) is 13.7. The van der Waals surface area contributed by atoms with Crippen LogP contribution in [0.5, 0.6) is 0 Å². The molecule has 6 nitrogen and oxygen atoms in total. The maximum atomic E-state index is 11.9. The lowest BCUT2D eigenvalue weighted by Gasteiger charge is -2.23. The number of imidazole rings is 1. The topological polar surface area (TPSA) is 84.2 Å². The zero-order valence-electron chi connectivity index (χ0n) is 13.7. The number of nitrogens with two attached hydrogens (primary N) is 1. The fraction of sp³-hybridized carbons (Fsp3) is 0.529. The first-order valence-corrected chi connectivity index (χ1v) is 8.06. The zero-order chi connectivity index (χ0) is 16.4. The van der Waals surface area contributed by atoms with Gasteiger partial charge in [0.2, 0.25) is 0 Å². The summed E-state index contributed by atoms with van der Waals surface area (Å²) in [7, 11) is 1.44. The van der Waals surface area contributed by atoms with E-state index in [1.54, 1.807) is 0 Å². The Labute approximate surface area is 136 Å². The van der Waals surface area contributed by atoms with E-state index in [1.807, 2.05) is 6.07 Å². The van der Waals surface area contributed by atoms with Crippen LogP contribution in [-0.2, 0) is 16.1 Å². The minimum atomic E-state index is -0.149. The molecule has 1 aliphatic rings. The number of ether oxygens (including phenoxy) is 1. The van der Waals surface area contributed by atoms with E-state index < -0.39 is 0 Å². The molecule has 6 heteroatoms. The Morgan fingerprint density at radius 2 is 2.26 bits per heavy atom. The first-order chi connectivity index (χ1) is 11.0. The van der Waals surface area contributed by atoms with Gasteiger partial charge in [0, 0.05) is 19.1 Å². The summed E-state index contributed by atoms with van der Waals surface area (Å²) in [5.74, 6) is 0.646. The molecule has 0 unspecified atom stereocenters. The van der Waals surface area contributed by atoms with Gasteiger partial charge < -0.3 is 15.5 Å². The van der Waals surface area contributed by atoms with Crippen LogP contribution in [0.2, 0.25) is 0 Å². The molecule has 0 bridgehead atoms. The van der Waals surface area contributed by atoms with Crippen molar-refractivity contribution in [3.05, 3.63) is 29.6 Å². The van der Waals surface area contributed by atoms with E-state index in [9.17, 15) is 4.79 Å². The summed E-state index contributed by atoms with van der Waals surface area (Å²) in [6.45, 7) is 4.16. The smallest absolute Gasteiger partial charge is 0.309 e. The third-order valence-electron chi connectivity index (χ3n) is 4.45. The number of nitrogens with zero attached hydrogens (tertiary/aromatic N) is 2. The number of nitrogens with one attached hydrogen (secondary N) is 1. The highest BCUT2D eigenvalue weighted by atomic mass is 16.5. The average Bonchev–Trinajstić information content (AvgIpc) is 2.81. The fourth-order valence-corrected chi connectivity index (χ4v) is 3.27. The minimum Gasteiger partial charge on any atom is -0.469 e. The largest absolute Gasteiger partial charge is 0.469 e. The number of benzene rings is 1. The molecule has 0 saturated carbocycles. The van der Waals surface area contributed by atoms with Crippen molar-refractivity contribution in [3.63, 3.8) is 0 Å². The summed E-state index contributed by atoms with van der Waals surface area (Å²) in [6.07, 6.45) is 1.62. The van der Waals surface area contributed by atoms with E-state index in [0.717, 1.165) is 36.2 Å². The number of carbonyl (C=O) groups is 1. The van der Waals surface area contributed by atoms with Crippen LogP contribution in [-0.4, -0.2) is 47.1 Å². The summed E-state index contributed by atoms with van der Waals surface area (Å²) < 4.78 is 4.91. The Bertz CT molecular complexity index is 697. The maximum absolute atomic E-state index is 11.9. The number of hydrogen-bond acceptors (Lipinski definition) is 5. The number of aromatic nitrogens is 2. The van der Waals surface area contributed by atoms with Crippen molar-refractivity contribution in [2.75, 3.05) is 20.2 Å². The minimum absolute atomic E-state index is 0.0799. The molecule has 0 amide bonds. The van der Waals surface area contributed by atoms with Gasteiger partial charge in [-0.05, 0) is 37.5 Å². The van der Waals surface area contributed by atoms with Crippen molar-refractivity contribution in [2.24, 2.45) is 11.7 Å². The van der Waals surface area contributed by atoms with E-state index >= 15 is 0 Å². The quantitative estimate of drug-likeness (QED) is 0.840. The highest BCUT2D eigenvalue weighted by Crippen LogP contribution is 2.20. The predicted octanol–water partition coefficient (Wildman–Crippen LogP) is 1.58. The molecule has 0 radical (unpaired) electrons. The molecule has 1 fully saturated rings. The van der Waals surface area contributed by atoms with E-state index in [4.69, 9.17) is 10.5 Å². The van der Waals surface area contributed by atoms with Gasteiger partial charge in [-0.25, -0.2) is 4.98 Å². The van der Waals surface area contributed by atoms with Crippen LogP contribution in [0.1, 0.15) is 24.2 Å². The number of fused-ring (bicyclic) bond motifs is 1. The summed E-state index contributed by atoms with van der Waals surface area (Å²) in [6, 6.07) is 6.26. The Morgan fingerprint density at radius 3 is 3.04 bits per heavy atom. The van der Waals surface area contributed by atoms with E-state index in [-0.39, 0.29) is 17.9 Å². The molecule has 1 aromatic heterocycles. The van der Waals surface area contributed by atoms with Crippen LogP contribution in [0, 0.1) is 12.8 Å². The highest BCUT2D eigenvalue weighted by Gasteiger charge is 2.28. The molecule has 2 atom stereocenters. The Hall–Kier alpha value is -1.92. The molecule has 0 spiro atoms. The molecular weight excluding hydrogens is 292 g/mol. The lowest BCUT2D eigenvalue weighted by Crippen LogP contribution is -2.37. The highest BCUT2D eigenvalue weighted by molar-refractivity contribution is 5.75. The number of rotatable bonds is 3. The van der Waals surface area contributed by atoms with Gasteiger partial charge in [0.05, 0.1) is 30.6 Å². The number of esters is 1. The summed E-state index contributed by atoms with van der Waals surface area (Å²) >= 11 is 0. The van der Waals surface area contributed by atoms with Crippen LogP contribution in [0.25, 0.3) is 11.0 Å². The Kier molecular flexibility index (Phi) is 4.63. The SMILES string of the molecule is COC(=O)[C@H]1CC[C@@H](N)CN(Cc2nc3ccc(C)cc3[nH]2)C1. The van der Waals surface area contributed by atoms with Crippen LogP contribution in [0.3, 0.4) is 0 Å². The van der Waals surface area contributed by atoms with E-state index in [1.165, 1.54) is 12.7 Å². The lowest BCUT2D eigenvalue weighted by molar-refractivity contribution is -0.146. The Morgan fingerprint density at radius 1 is 1.43 bits per heavy atom. The molecule has 3 rings (SSSR count). The van der Waals surface area contributed by atoms with Crippen molar-refractivity contribution < 1.29 is 9.53 Å². The van der Waals surface area contributed by atoms with Gasteiger partial charge in [0.1, 0.15) is 5.82 Å². The molecule has 2 aromatic rings. The molecule has 3 N–H and O–H groups in total. The van der Waals surface area contributed by atoms with Crippen LogP contribution >= 0.6 is 0 Å². The van der Waals surface area contributed by atoms with Crippen LogP contribution < -0.4 is 5.73 Å². The fourth-order valence-electron chi connectivity index (χ4n) is 3.27. The number of methoxy groups -OCH3 is 1. The summed E-state index contributed by atoms with van der Waals surface area (Å²) in [4.78, 5) is 22.1. The third-order valence-corrected chi connectivity index (χ3v) is 4.45.